The van der Waals surface area contributed by atoms with E-state index in [1.165, 1.54) is 7.11 Å². The number of hydrogen-bond acceptors (Lipinski definition) is 4. The minimum absolute atomic E-state index is 0.264. The maximum absolute atomic E-state index is 12.6. The van der Waals surface area contributed by atoms with Crippen molar-refractivity contribution >= 4 is 16.9 Å². The molecule has 7 heteroatoms. The molecule has 0 radical (unpaired) electrons. The van der Waals surface area contributed by atoms with Gasteiger partial charge >= 0.3 is 0 Å². The van der Waals surface area contributed by atoms with Crippen molar-refractivity contribution in [1.82, 2.24) is 25.1 Å². The van der Waals surface area contributed by atoms with Gasteiger partial charge in [0.05, 0.1) is 23.7 Å². The van der Waals surface area contributed by atoms with E-state index in [4.69, 9.17) is 4.74 Å². The van der Waals surface area contributed by atoms with Crippen molar-refractivity contribution < 1.29 is 9.53 Å². The van der Waals surface area contributed by atoms with Crippen molar-refractivity contribution in [2.75, 3.05) is 7.11 Å². The maximum atomic E-state index is 12.6. The number of amides is 1. The lowest BCUT2D eigenvalue weighted by atomic mass is 10.0. The van der Waals surface area contributed by atoms with Gasteiger partial charge in [0.2, 0.25) is 5.88 Å². The number of imidazole rings is 1. The number of nitrogens with zero attached hydrogens (tertiary/aromatic N) is 3. The summed E-state index contributed by atoms with van der Waals surface area (Å²) in [5, 5.41) is 7.07. The molecule has 0 fully saturated rings. The third-order valence-corrected chi connectivity index (χ3v) is 3.64. The highest BCUT2D eigenvalue weighted by Gasteiger charge is 2.29. The van der Waals surface area contributed by atoms with Crippen LogP contribution in [0.4, 0.5) is 0 Å². The molecule has 2 aromatic heterocycles. The molecule has 0 aliphatic heterocycles. The molecule has 0 saturated carbocycles. The zero-order chi connectivity index (χ0) is 16.6. The Morgan fingerprint density at radius 1 is 1.35 bits per heavy atom. The predicted molar refractivity (Wildman–Crippen MR) is 86.3 cm³/mol. The Balaban J connectivity index is 1.89. The van der Waals surface area contributed by atoms with Crippen LogP contribution in [-0.2, 0) is 12.6 Å². The number of benzene rings is 1. The third-order valence-electron chi connectivity index (χ3n) is 3.64. The molecule has 2 heterocycles. The second kappa shape index (κ2) is 5.42. The first kappa shape index (κ1) is 15.1. The van der Waals surface area contributed by atoms with Crippen LogP contribution in [0.5, 0.6) is 5.88 Å². The van der Waals surface area contributed by atoms with Gasteiger partial charge in [-0.15, -0.1) is 5.10 Å². The minimum Gasteiger partial charge on any atom is -0.479 e. The number of carbonyl (C=O) groups is 1. The number of rotatable bonds is 4. The number of para-hydroxylation sites is 2. The Labute approximate surface area is 133 Å². The summed E-state index contributed by atoms with van der Waals surface area (Å²) in [6.07, 6.45) is 1.63. The SMILES string of the molecule is COc1nn(C)cc1C(=O)NC(C)(C)c1nc2ccccc2[nH]1. The number of aromatic amines is 1. The summed E-state index contributed by atoms with van der Waals surface area (Å²) in [4.78, 5) is 20.4. The summed E-state index contributed by atoms with van der Waals surface area (Å²) in [6, 6.07) is 7.75. The van der Waals surface area contributed by atoms with E-state index < -0.39 is 5.54 Å². The third kappa shape index (κ3) is 2.77. The normalized spacial score (nSPS) is 11.7. The van der Waals surface area contributed by atoms with Crippen molar-refractivity contribution in [1.29, 1.82) is 0 Å². The second-order valence-electron chi connectivity index (χ2n) is 5.91. The Hall–Kier alpha value is -2.83. The molecule has 0 aliphatic carbocycles. The number of ether oxygens (including phenoxy) is 1. The molecule has 0 spiro atoms. The summed E-state index contributed by atoms with van der Waals surface area (Å²) >= 11 is 0. The Morgan fingerprint density at radius 3 is 2.78 bits per heavy atom. The lowest BCUT2D eigenvalue weighted by Crippen LogP contribution is -2.41. The minimum atomic E-state index is -0.670. The number of aromatic nitrogens is 4. The molecule has 3 aromatic rings. The molecule has 23 heavy (non-hydrogen) atoms. The van der Waals surface area contributed by atoms with Gasteiger partial charge in [-0.25, -0.2) is 4.98 Å². The highest BCUT2D eigenvalue weighted by molar-refractivity contribution is 5.96. The molecule has 0 bridgehead atoms. The van der Waals surface area contributed by atoms with Gasteiger partial charge in [0, 0.05) is 13.2 Å². The van der Waals surface area contributed by atoms with E-state index in [1.54, 1.807) is 17.9 Å². The average Bonchev–Trinajstić information content (AvgIpc) is 3.10. The number of carbonyl (C=O) groups excluding carboxylic acids is 1. The number of methoxy groups -OCH3 is 1. The van der Waals surface area contributed by atoms with E-state index in [2.05, 4.69) is 20.4 Å². The van der Waals surface area contributed by atoms with Crippen LogP contribution in [0.3, 0.4) is 0 Å². The van der Waals surface area contributed by atoms with Gasteiger partial charge in [0.25, 0.3) is 5.91 Å². The second-order valence-corrected chi connectivity index (χ2v) is 5.91. The summed E-state index contributed by atoms with van der Waals surface area (Å²) in [7, 11) is 3.23. The van der Waals surface area contributed by atoms with Crippen LogP contribution in [0.1, 0.15) is 30.0 Å². The number of fused-ring (bicyclic) bond motifs is 1. The van der Waals surface area contributed by atoms with Gasteiger partial charge in [-0.3, -0.25) is 9.48 Å². The molecule has 2 N–H and O–H groups in total. The zero-order valence-corrected chi connectivity index (χ0v) is 13.5. The maximum Gasteiger partial charge on any atom is 0.259 e. The van der Waals surface area contributed by atoms with Crippen LogP contribution in [0.25, 0.3) is 11.0 Å². The van der Waals surface area contributed by atoms with Crippen LogP contribution < -0.4 is 10.1 Å². The first-order chi connectivity index (χ1) is 10.9. The molecule has 120 valence electrons. The van der Waals surface area contributed by atoms with Gasteiger partial charge in [0.15, 0.2) is 0 Å². The lowest BCUT2D eigenvalue weighted by Gasteiger charge is -2.23. The molecule has 1 aromatic carbocycles. The molecule has 0 saturated heterocycles. The van der Waals surface area contributed by atoms with Crippen molar-refractivity contribution in [3.05, 3.63) is 41.9 Å². The predicted octanol–water partition coefficient (Wildman–Crippen LogP) is 1.97. The van der Waals surface area contributed by atoms with E-state index in [0.29, 0.717) is 17.3 Å². The number of aryl methyl sites for hydroxylation is 1. The molecule has 0 unspecified atom stereocenters. The smallest absolute Gasteiger partial charge is 0.259 e. The van der Waals surface area contributed by atoms with E-state index in [0.717, 1.165) is 11.0 Å². The van der Waals surface area contributed by atoms with Crippen LogP contribution >= 0.6 is 0 Å². The zero-order valence-electron chi connectivity index (χ0n) is 13.5. The fourth-order valence-electron chi connectivity index (χ4n) is 2.43. The summed E-state index contributed by atoms with van der Waals surface area (Å²) in [5.41, 5.74) is 1.52. The molecule has 0 atom stereocenters. The fourth-order valence-corrected chi connectivity index (χ4v) is 2.43. The van der Waals surface area contributed by atoms with E-state index in [-0.39, 0.29) is 5.91 Å². The van der Waals surface area contributed by atoms with Crippen molar-refractivity contribution in [3.8, 4) is 5.88 Å². The van der Waals surface area contributed by atoms with E-state index in [1.807, 2.05) is 38.1 Å². The van der Waals surface area contributed by atoms with E-state index >= 15 is 0 Å². The molecule has 3 rings (SSSR count). The van der Waals surface area contributed by atoms with Crippen molar-refractivity contribution in [2.45, 2.75) is 19.4 Å². The van der Waals surface area contributed by atoms with Crippen LogP contribution in [0, 0.1) is 0 Å². The highest BCUT2D eigenvalue weighted by Crippen LogP contribution is 2.23. The van der Waals surface area contributed by atoms with E-state index in [9.17, 15) is 4.79 Å². The largest absolute Gasteiger partial charge is 0.479 e. The van der Waals surface area contributed by atoms with Crippen molar-refractivity contribution in [2.24, 2.45) is 7.05 Å². The van der Waals surface area contributed by atoms with Crippen LogP contribution in [0.15, 0.2) is 30.5 Å². The van der Waals surface area contributed by atoms with Crippen LogP contribution in [-0.4, -0.2) is 32.8 Å². The van der Waals surface area contributed by atoms with Crippen LogP contribution in [0.2, 0.25) is 0 Å². The summed E-state index contributed by atoms with van der Waals surface area (Å²) in [5.74, 6) is 0.723. The first-order valence-corrected chi connectivity index (χ1v) is 7.26. The molecule has 7 nitrogen and oxygen atoms in total. The van der Waals surface area contributed by atoms with Crippen molar-refractivity contribution in [3.63, 3.8) is 0 Å². The standard InChI is InChI=1S/C16H19N5O2/c1-16(2,15-17-11-7-5-6-8-12(11)18-15)19-13(22)10-9-21(3)20-14(10)23-4/h5-9H,1-4H3,(H,17,18)(H,19,22). The topological polar surface area (TPSA) is 84.8 Å². The molecule has 0 aliphatic rings. The Kier molecular flexibility index (Phi) is 3.55. The molecular weight excluding hydrogens is 294 g/mol. The number of H-pyrrole nitrogens is 1. The van der Waals surface area contributed by atoms with Gasteiger partial charge in [-0.05, 0) is 26.0 Å². The monoisotopic (exact) mass is 313 g/mol. The number of hydrogen-bond donors (Lipinski definition) is 2. The van der Waals surface area contributed by atoms with Gasteiger partial charge in [0.1, 0.15) is 11.4 Å². The lowest BCUT2D eigenvalue weighted by molar-refractivity contribution is 0.0905. The van der Waals surface area contributed by atoms with Gasteiger partial charge in [-0.1, -0.05) is 12.1 Å². The number of nitrogens with one attached hydrogen (secondary N) is 2. The average molecular weight is 313 g/mol. The first-order valence-electron chi connectivity index (χ1n) is 7.26. The Bertz CT molecular complexity index is 829. The summed E-state index contributed by atoms with van der Waals surface area (Å²) < 4.78 is 6.68. The Morgan fingerprint density at radius 2 is 2.09 bits per heavy atom. The highest BCUT2D eigenvalue weighted by atomic mass is 16.5. The van der Waals surface area contributed by atoms with Gasteiger partial charge in [-0.2, -0.15) is 0 Å². The summed E-state index contributed by atoms with van der Waals surface area (Å²) in [6.45, 7) is 3.79. The quantitative estimate of drug-likeness (QED) is 0.771. The molecule has 1 amide bonds. The molecular formula is C16H19N5O2. The van der Waals surface area contributed by atoms with Gasteiger partial charge < -0.3 is 15.0 Å². The fraction of sp³-hybridized carbons (Fsp3) is 0.312.